The summed E-state index contributed by atoms with van der Waals surface area (Å²) in [4.78, 5) is 2.72. The lowest BCUT2D eigenvalue weighted by atomic mass is 9.72. The fourth-order valence-electron chi connectivity index (χ4n) is 4.23. The van der Waals surface area contributed by atoms with Crippen molar-refractivity contribution in [3.63, 3.8) is 0 Å². The summed E-state index contributed by atoms with van der Waals surface area (Å²) in [5.74, 6) is 2.87. The maximum absolute atomic E-state index is 3.96. The van der Waals surface area contributed by atoms with Crippen LogP contribution in [-0.2, 0) is 0 Å². The Morgan fingerprint density at radius 3 is 2.11 bits per heavy atom. The fraction of sp³-hybridized carbons (Fsp3) is 1.00. The first-order chi connectivity index (χ1) is 8.74. The van der Waals surface area contributed by atoms with Crippen molar-refractivity contribution in [3.8, 4) is 0 Å². The van der Waals surface area contributed by atoms with Crippen LogP contribution in [0.1, 0.15) is 52.4 Å². The molecule has 1 N–H and O–H groups in total. The summed E-state index contributed by atoms with van der Waals surface area (Å²) < 4.78 is 0. The van der Waals surface area contributed by atoms with Crippen LogP contribution in [0.4, 0.5) is 0 Å². The molecule has 2 nitrogen and oxygen atoms in total. The largest absolute Gasteiger partial charge is 0.313 e. The van der Waals surface area contributed by atoms with Crippen LogP contribution in [0, 0.1) is 17.8 Å². The normalized spacial score (nSPS) is 37.8. The molecule has 0 aromatic carbocycles. The zero-order valence-electron chi connectivity index (χ0n) is 12.2. The van der Waals surface area contributed by atoms with E-state index in [9.17, 15) is 0 Å². The zero-order valence-corrected chi connectivity index (χ0v) is 12.2. The van der Waals surface area contributed by atoms with Crippen LogP contribution in [0.3, 0.4) is 0 Å². The van der Waals surface area contributed by atoms with E-state index in [-0.39, 0.29) is 0 Å². The molecule has 3 aliphatic rings. The first kappa shape index (κ1) is 12.9. The van der Waals surface area contributed by atoms with Gasteiger partial charge in [-0.25, -0.2) is 0 Å². The Kier molecular flexibility index (Phi) is 3.95. The van der Waals surface area contributed by atoms with Crippen molar-refractivity contribution in [1.29, 1.82) is 0 Å². The molecule has 2 aliphatic carbocycles. The minimum atomic E-state index is 0.737. The molecule has 0 aromatic rings. The predicted molar refractivity (Wildman–Crippen MR) is 76.7 cm³/mol. The smallest absolute Gasteiger partial charge is 0.0148 e. The summed E-state index contributed by atoms with van der Waals surface area (Å²) in [6.07, 6.45) is 8.83. The van der Waals surface area contributed by atoms with Crippen molar-refractivity contribution < 1.29 is 0 Å². The van der Waals surface area contributed by atoms with E-state index < -0.39 is 0 Å². The second-order valence-corrected chi connectivity index (χ2v) is 7.23. The van der Waals surface area contributed by atoms with E-state index in [1.54, 1.807) is 0 Å². The van der Waals surface area contributed by atoms with Crippen molar-refractivity contribution in [2.75, 3.05) is 19.6 Å². The highest BCUT2D eigenvalue weighted by Gasteiger charge is 2.39. The highest BCUT2D eigenvalue weighted by atomic mass is 15.2. The molecule has 104 valence electrons. The van der Waals surface area contributed by atoms with Crippen molar-refractivity contribution in [3.05, 3.63) is 0 Å². The Labute approximate surface area is 113 Å². The minimum Gasteiger partial charge on any atom is -0.313 e. The first-order valence-corrected chi connectivity index (χ1v) is 8.21. The van der Waals surface area contributed by atoms with Crippen molar-refractivity contribution in [1.82, 2.24) is 10.2 Å². The van der Waals surface area contributed by atoms with Gasteiger partial charge in [0.25, 0.3) is 0 Å². The summed E-state index contributed by atoms with van der Waals surface area (Å²) in [7, 11) is 0. The van der Waals surface area contributed by atoms with Crippen molar-refractivity contribution >= 4 is 0 Å². The Bertz CT molecular complexity index is 258. The van der Waals surface area contributed by atoms with E-state index in [0.717, 1.165) is 29.8 Å². The number of nitrogens with zero attached hydrogens (tertiary/aromatic N) is 1. The Balaban J connectivity index is 1.57. The van der Waals surface area contributed by atoms with Gasteiger partial charge >= 0.3 is 0 Å². The summed E-state index contributed by atoms with van der Waals surface area (Å²) in [6, 6.07) is 1.58. The van der Waals surface area contributed by atoms with Gasteiger partial charge < -0.3 is 10.2 Å². The Morgan fingerprint density at radius 1 is 1.00 bits per heavy atom. The standard InChI is InChI=1S/C16H30N2/c1-12(2)18-10-14-7-4-8-15(11-18)16(14)17-9-13-5-3-6-13/h12-17H,3-11H2,1-2H3. The van der Waals surface area contributed by atoms with E-state index in [0.29, 0.717) is 0 Å². The van der Waals surface area contributed by atoms with E-state index in [1.807, 2.05) is 0 Å². The molecule has 2 saturated carbocycles. The second kappa shape index (κ2) is 5.50. The SMILES string of the molecule is CC(C)N1CC2CCCC(C1)C2NCC1CCC1. The third-order valence-electron chi connectivity index (χ3n) is 5.70. The molecule has 2 unspecified atom stereocenters. The molecule has 0 spiro atoms. The molecular formula is C16H30N2. The maximum Gasteiger partial charge on any atom is 0.0148 e. The third kappa shape index (κ3) is 2.60. The Morgan fingerprint density at radius 2 is 1.61 bits per heavy atom. The number of likely N-dealkylation sites (tertiary alicyclic amines) is 1. The van der Waals surface area contributed by atoms with Gasteiger partial charge in [0.1, 0.15) is 0 Å². The third-order valence-corrected chi connectivity index (χ3v) is 5.70. The minimum absolute atomic E-state index is 0.737. The fourth-order valence-corrected chi connectivity index (χ4v) is 4.23. The van der Waals surface area contributed by atoms with Crippen LogP contribution in [-0.4, -0.2) is 36.6 Å². The average Bonchev–Trinajstić information content (AvgIpc) is 2.25. The van der Waals surface area contributed by atoms with Crippen LogP contribution in [0.25, 0.3) is 0 Å². The van der Waals surface area contributed by atoms with E-state index in [2.05, 4.69) is 24.1 Å². The van der Waals surface area contributed by atoms with E-state index >= 15 is 0 Å². The van der Waals surface area contributed by atoms with Crippen LogP contribution in [0.5, 0.6) is 0 Å². The van der Waals surface area contributed by atoms with Crippen LogP contribution in [0.2, 0.25) is 0 Å². The molecule has 2 bridgehead atoms. The molecule has 0 aromatic heterocycles. The first-order valence-electron chi connectivity index (χ1n) is 8.21. The van der Waals surface area contributed by atoms with Crippen molar-refractivity contribution in [2.24, 2.45) is 17.8 Å². The van der Waals surface area contributed by atoms with Gasteiger partial charge in [-0.1, -0.05) is 12.8 Å². The number of hydrogen-bond acceptors (Lipinski definition) is 2. The topological polar surface area (TPSA) is 15.3 Å². The monoisotopic (exact) mass is 250 g/mol. The number of piperidine rings is 1. The van der Waals surface area contributed by atoms with Gasteiger partial charge in [-0.15, -0.1) is 0 Å². The summed E-state index contributed by atoms with van der Waals surface area (Å²) in [6.45, 7) is 8.71. The second-order valence-electron chi connectivity index (χ2n) is 7.23. The molecule has 2 atom stereocenters. The molecule has 0 radical (unpaired) electrons. The molecule has 2 heteroatoms. The van der Waals surface area contributed by atoms with Gasteiger partial charge in [-0.3, -0.25) is 0 Å². The highest BCUT2D eigenvalue weighted by Crippen LogP contribution is 2.36. The quantitative estimate of drug-likeness (QED) is 0.825. The van der Waals surface area contributed by atoms with Gasteiger partial charge in [0.2, 0.25) is 0 Å². The molecule has 0 amide bonds. The molecule has 3 fully saturated rings. The van der Waals surface area contributed by atoms with Gasteiger partial charge in [0.05, 0.1) is 0 Å². The summed E-state index contributed by atoms with van der Waals surface area (Å²) >= 11 is 0. The highest BCUT2D eigenvalue weighted by molar-refractivity contribution is 4.96. The van der Waals surface area contributed by atoms with Crippen molar-refractivity contribution in [2.45, 2.75) is 64.5 Å². The molecule has 3 rings (SSSR count). The lowest BCUT2D eigenvalue weighted by molar-refractivity contribution is 0.0266. The maximum atomic E-state index is 3.96. The molecule has 1 aliphatic heterocycles. The lowest BCUT2D eigenvalue weighted by Crippen LogP contribution is -2.59. The molecule has 1 saturated heterocycles. The van der Waals surface area contributed by atoms with Crippen LogP contribution < -0.4 is 5.32 Å². The predicted octanol–water partition coefficient (Wildman–Crippen LogP) is 2.89. The van der Waals surface area contributed by atoms with E-state index in [4.69, 9.17) is 0 Å². The van der Waals surface area contributed by atoms with Gasteiger partial charge in [-0.2, -0.15) is 0 Å². The number of rotatable bonds is 4. The lowest BCUT2D eigenvalue weighted by Gasteiger charge is -2.49. The number of hydrogen-bond donors (Lipinski definition) is 1. The molecule has 1 heterocycles. The summed E-state index contributed by atoms with van der Waals surface area (Å²) in [5.41, 5.74) is 0. The van der Waals surface area contributed by atoms with Crippen LogP contribution >= 0.6 is 0 Å². The Hall–Kier alpha value is -0.0800. The zero-order chi connectivity index (χ0) is 12.5. The van der Waals surface area contributed by atoms with Crippen LogP contribution in [0.15, 0.2) is 0 Å². The van der Waals surface area contributed by atoms with Gasteiger partial charge in [0, 0.05) is 25.2 Å². The van der Waals surface area contributed by atoms with Gasteiger partial charge in [0.15, 0.2) is 0 Å². The number of nitrogens with one attached hydrogen (secondary N) is 1. The molecular weight excluding hydrogens is 220 g/mol. The number of fused-ring (bicyclic) bond motifs is 2. The summed E-state index contributed by atoms with van der Waals surface area (Å²) in [5, 5.41) is 3.96. The molecule has 18 heavy (non-hydrogen) atoms. The average molecular weight is 250 g/mol. The van der Waals surface area contributed by atoms with Gasteiger partial charge in [-0.05, 0) is 63.8 Å². The van der Waals surface area contributed by atoms with E-state index in [1.165, 1.54) is 58.2 Å².